The first kappa shape index (κ1) is 41.3. The Bertz CT molecular complexity index is 1660. The van der Waals surface area contributed by atoms with Crippen molar-refractivity contribution in [2.24, 2.45) is 46.3 Å². The van der Waals surface area contributed by atoms with E-state index in [4.69, 9.17) is 25.1 Å². The number of ether oxygens (including phenoxy) is 3. The number of aliphatic hydroxyl groups is 3. The van der Waals surface area contributed by atoms with Crippen LogP contribution in [0.3, 0.4) is 0 Å². The first-order valence-corrected chi connectivity index (χ1v) is 19.9. The van der Waals surface area contributed by atoms with Crippen molar-refractivity contribution in [3.63, 3.8) is 0 Å². The van der Waals surface area contributed by atoms with Gasteiger partial charge in [0.05, 0.1) is 12.2 Å². The number of aromatic nitrogens is 2. The van der Waals surface area contributed by atoms with Gasteiger partial charge in [0.25, 0.3) is 0 Å². The number of carboxylic acid groups (broad SMARTS) is 1. The van der Waals surface area contributed by atoms with Crippen LogP contribution in [0, 0.1) is 46.3 Å². The van der Waals surface area contributed by atoms with E-state index in [1.165, 1.54) is 12.3 Å². The van der Waals surface area contributed by atoms with E-state index in [-0.39, 0.29) is 52.7 Å². The first-order valence-electron chi connectivity index (χ1n) is 19.9. The quantitative estimate of drug-likeness (QED) is 0.177. The van der Waals surface area contributed by atoms with Gasteiger partial charge in [0, 0.05) is 12.6 Å². The van der Waals surface area contributed by atoms with Crippen LogP contribution in [0.1, 0.15) is 105 Å². The number of aliphatic hydroxyl groups excluding tert-OH is 3. The summed E-state index contributed by atoms with van der Waals surface area (Å²) >= 11 is 0. The molecular formula is C39H59FN4O11. The van der Waals surface area contributed by atoms with E-state index in [0.29, 0.717) is 32.1 Å². The summed E-state index contributed by atoms with van der Waals surface area (Å²) in [7, 11) is 0. The number of hydrogen-bond donors (Lipinski definition) is 6. The van der Waals surface area contributed by atoms with E-state index in [1.54, 1.807) is 13.8 Å². The molecule has 55 heavy (non-hydrogen) atoms. The summed E-state index contributed by atoms with van der Waals surface area (Å²) in [4.78, 5) is 53.6. The second-order valence-electron chi connectivity index (χ2n) is 17.9. The summed E-state index contributed by atoms with van der Waals surface area (Å²) in [5, 5.41) is 45.9. The number of hydrogen-bond acceptors (Lipinski definition) is 12. The van der Waals surface area contributed by atoms with Crippen LogP contribution in [0.15, 0.2) is 17.1 Å². The van der Waals surface area contributed by atoms with Gasteiger partial charge in [0.2, 0.25) is 0 Å². The van der Waals surface area contributed by atoms with E-state index >= 15 is 4.39 Å². The van der Waals surface area contributed by atoms with Crippen LogP contribution >= 0.6 is 0 Å². The molecule has 1 aliphatic heterocycles. The highest BCUT2D eigenvalue weighted by atomic mass is 19.1. The predicted molar refractivity (Wildman–Crippen MR) is 195 cm³/mol. The Labute approximate surface area is 320 Å². The lowest BCUT2D eigenvalue weighted by Gasteiger charge is -2.63. The van der Waals surface area contributed by atoms with Crippen LogP contribution in [0.5, 0.6) is 0 Å². The third-order valence-electron chi connectivity index (χ3n) is 14.6. The lowest BCUT2D eigenvalue weighted by Crippen LogP contribution is -2.62. The number of aliphatic carboxylic acids is 1. The van der Waals surface area contributed by atoms with Crippen molar-refractivity contribution in [2.75, 3.05) is 12.3 Å². The highest BCUT2D eigenvalue weighted by Crippen LogP contribution is 2.68. The number of carbonyl (C=O) groups is 3. The van der Waals surface area contributed by atoms with Gasteiger partial charge in [-0.15, -0.1) is 0 Å². The number of nitrogen functional groups attached to an aromatic ring is 1. The largest absolute Gasteiger partial charge is 0.481 e. The van der Waals surface area contributed by atoms with Gasteiger partial charge in [-0.25, -0.2) is 18.8 Å². The van der Waals surface area contributed by atoms with Gasteiger partial charge in [-0.1, -0.05) is 27.7 Å². The maximum Gasteiger partial charge on any atom is 0.408 e. The molecule has 1 saturated heterocycles. The molecule has 16 heteroatoms. The maximum atomic E-state index is 15.6. The highest BCUT2D eigenvalue weighted by Gasteiger charge is 2.65. The molecule has 4 aliphatic carbocycles. The Morgan fingerprint density at radius 1 is 1.11 bits per heavy atom. The molecule has 15 atom stereocenters. The fourth-order valence-electron chi connectivity index (χ4n) is 11.4. The maximum absolute atomic E-state index is 15.6. The molecule has 5 fully saturated rings. The van der Waals surface area contributed by atoms with Gasteiger partial charge in [-0.2, -0.15) is 4.98 Å². The van der Waals surface area contributed by atoms with E-state index in [9.17, 15) is 34.5 Å². The normalized spacial score (nSPS) is 41.5. The minimum atomic E-state index is -2.44. The number of halogens is 1. The Hall–Kier alpha value is -3.34. The number of amides is 1. The zero-order valence-electron chi connectivity index (χ0n) is 32.4. The van der Waals surface area contributed by atoms with E-state index < -0.39 is 84.7 Å². The fourth-order valence-corrected chi connectivity index (χ4v) is 11.4. The standard InChI is InChI=1S/C39H59FN4O11/c1-19(2)31(33(50)53-18-26-32(49)39(5,40)34(55-26)44-14-12-28(41)42-35(44)51)43-36(52)54-22-11-13-37(3)21(15-22)16-25(45)30-23-10-9-20(7-6-8-29(47)48)38(23,4)27(46)17-24(30)37/h12,14,19-27,30-32,34,45-46,49H,6-11,13,15-18H2,1-5H3,(H,43,52)(H,47,48)(H2,41,42,51)/t20?,21-,22+,23-,24-,25?,26?,27-,30-,31?,32?,34?,37-,38+,39?/m0/s1. The van der Waals surface area contributed by atoms with Crippen molar-refractivity contribution < 1.29 is 53.4 Å². The van der Waals surface area contributed by atoms with E-state index in [2.05, 4.69) is 24.1 Å². The Kier molecular flexibility index (Phi) is 11.7. The van der Waals surface area contributed by atoms with Crippen LogP contribution in [-0.4, -0.2) is 96.8 Å². The molecule has 0 bridgehead atoms. The summed E-state index contributed by atoms with van der Waals surface area (Å²) in [5.74, 6) is -1.60. The van der Waals surface area contributed by atoms with Crippen LogP contribution in [0.25, 0.3) is 0 Å². The number of anilines is 1. The van der Waals surface area contributed by atoms with Crippen LogP contribution in [-0.2, 0) is 23.8 Å². The number of nitrogens with zero attached hydrogens (tertiary/aromatic N) is 2. The molecule has 2 heterocycles. The average molecular weight is 779 g/mol. The Balaban J connectivity index is 1.04. The molecule has 308 valence electrons. The summed E-state index contributed by atoms with van der Waals surface area (Å²) in [6, 6.07) is 0.154. The Morgan fingerprint density at radius 2 is 1.84 bits per heavy atom. The van der Waals surface area contributed by atoms with Crippen molar-refractivity contribution in [1.82, 2.24) is 14.9 Å². The van der Waals surface area contributed by atoms with Gasteiger partial charge < -0.3 is 45.7 Å². The lowest BCUT2D eigenvalue weighted by molar-refractivity contribution is -0.204. The minimum Gasteiger partial charge on any atom is -0.481 e. The molecule has 1 aromatic rings. The van der Waals surface area contributed by atoms with Crippen molar-refractivity contribution in [3.05, 3.63) is 22.7 Å². The molecule has 15 nitrogen and oxygen atoms in total. The van der Waals surface area contributed by atoms with Gasteiger partial charge >= 0.3 is 23.7 Å². The zero-order valence-corrected chi connectivity index (χ0v) is 32.4. The molecule has 1 amide bonds. The molecule has 6 rings (SSSR count). The topological polar surface area (TPSA) is 233 Å². The van der Waals surface area contributed by atoms with E-state index in [1.807, 2.05) is 0 Å². The molecule has 0 aromatic carbocycles. The number of alkyl carbamates (subject to hydrolysis) is 1. The zero-order chi connectivity index (χ0) is 40.2. The van der Waals surface area contributed by atoms with Crippen molar-refractivity contribution in [3.8, 4) is 0 Å². The molecule has 0 spiro atoms. The monoisotopic (exact) mass is 778 g/mol. The summed E-state index contributed by atoms with van der Waals surface area (Å²) < 4.78 is 33.4. The summed E-state index contributed by atoms with van der Waals surface area (Å²) in [6.07, 6.45) is 0.442. The number of fused-ring (bicyclic) bond motifs is 5. The molecule has 4 saturated carbocycles. The third-order valence-corrected chi connectivity index (χ3v) is 14.6. The SMILES string of the molecule is CC(C)C(NC(=O)O[C@@H]1CC[C@@]2(C)[C@H](CC(O)[C@@H]3[C@@H]2C[C@H](O)[C@]2(C)C(CCCC(=O)O)CC[C@@H]32)C1)C(=O)OCC1OC(n2ccc(N)nc2=O)C(C)(F)C1O. The smallest absolute Gasteiger partial charge is 0.408 e. The van der Waals surface area contributed by atoms with Gasteiger partial charge in [-0.05, 0) is 117 Å². The molecule has 7 N–H and O–H groups in total. The number of rotatable bonds is 11. The first-order chi connectivity index (χ1) is 25.8. The second kappa shape index (κ2) is 15.5. The number of nitrogens with two attached hydrogens (primary N) is 1. The Morgan fingerprint density at radius 3 is 2.51 bits per heavy atom. The fraction of sp³-hybridized carbons (Fsp3) is 0.821. The number of alkyl halides is 1. The number of esters is 1. The second-order valence-corrected chi connectivity index (χ2v) is 17.9. The van der Waals surface area contributed by atoms with Crippen molar-refractivity contribution >= 4 is 23.8 Å². The highest BCUT2D eigenvalue weighted by molar-refractivity contribution is 5.81. The summed E-state index contributed by atoms with van der Waals surface area (Å²) in [5.41, 5.74) is 1.68. The van der Waals surface area contributed by atoms with E-state index in [0.717, 1.165) is 37.2 Å². The van der Waals surface area contributed by atoms with Crippen LogP contribution in [0.2, 0.25) is 0 Å². The molecule has 5 aliphatic rings. The minimum absolute atomic E-state index is 0.0376. The lowest BCUT2D eigenvalue weighted by atomic mass is 9.43. The van der Waals surface area contributed by atoms with Crippen molar-refractivity contribution in [1.29, 1.82) is 0 Å². The number of nitrogens with one attached hydrogen (secondary N) is 1. The van der Waals surface area contributed by atoms with Gasteiger partial charge in [-0.3, -0.25) is 9.36 Å². The van der Waals surface area contributed by atoms with Crippen molar-refractivity contribution in [2.45, 2.75) is 147 Å². The molecule has 1 aromatic heterocycles. The molecule has 7 unspecified atom stereocenters. The molecule has 0 radical (unpaired) electrons. The van der Waals surface area contributed by atoms with Crippen LogP contribution in [0.4, 0.5) is 15.0 Å². The predicted octanol–water partition coefficient (Wildman–Crippen LogP) is 3.33. The summed E-state index contributed by atoms with van der Waals surface area (Å²) in [6.45, 7) is 8.32. The van der Waals surface area contributed by atoms with Crippen LogP contribution < -0.4 is 16.7 Å². The van der Waals surface area contributed by atoms with Gasteiger partial charge in [0.15, 0.2) is 11.9 Å². The number of carboxylic acids is 1. The molecular weight excluding hydrogens is 719 g/mol. The third kappa shape index (κ3) is 7.60. The average Bonchev–Trinajstić information content (AvgIpc) is 3.55. The van der Waals surface area contributed by atoms with Gasteiger partial charge in [0.1, 0.15) is 36.8 Å². The number of carbonyl (C=O) groups excluding carboxylic acids is 2.